The van der Waals surface area contributed by atoms with Crippen LogP contribution in [0.2, 0.25) is 5.02 Å². The van der Waals surface area contributed by atoms with E-state index in [1.807, 2.05) is 12.1 Å². The van der Waals surface area contributed by atoms with Crippen LogP contribution in [0.5, 0.6) is 5.75 Å². The molecule has 29 heavy (non-hydrogen) atoms. The van der Waals surface area contributed by atoms with E-state index in [2.05, 4.69) is 4.98 Å². The van der Waals surface area contributed by atoms with E-state index in [1.54, 1.807) is 53.1 Å². The number of pyridine rings is 1. The van der Waals surface area contributed by atoms with Gasteiger partial charge in [-0.2, -0.15) is 0 Å². The number of rotatable bonds is 6. The fraction of sp³-hybridized carbons (Fsp3) is 0.0476. The Bertz CT molecular complexity index is 1200. The molecule has 8 heteroatoms. The molecule has 4 rings (SSSR count). The third-order valence-electron chi connectivity index (χ3n) is 4.33. The average Bonchev–Trinajstić information content (AvgIpc) is 3.16. The minimum atomic E-state index is -0.448. The van der Waals surface area contributed by atoms with Gasteiger partial charge in [0.05, 0.1) is 16.8 Å². The molecule has 0 radical (unpaired) electrons. The van der Waals surface area contributed by atoms with Crippen molar-refractivity contribution < 1.29 is 14.5 Å². The quantitative estimate of drug-likeness (QED) is 0.259. The smallest absolute Gasteiger partial charge is 0.286 e. The molecule has 2 heterocycles. The zero-order valence-corrected chi connectivity index (χ0v) is 15.7. The molecule has 2 aromatic carbocycles. The molecule has 0 aliphatic carbocycles. The van der Waals surface area contributed by atoms with Crippen LogP contribution in [0, 0.1) is 10.1 Å². The molecule has 0 bridgehead atoms. The summed E-state index contributed by atoms with van der Waals surface area (Å²) in [4.78, 5) is 27.1. The fourth-order valence-electron chi connectivity index (χ4n) is 2.82. The van der Waals surface area contributed by atoms with Crippen molar-refractivity contribution in [1.82, 2.24) is 9.38 Å². The average molecular weight is 408 g/mol. The number of ether oxygens (including phenoxy) is 1. The molecule has 0 amide bonds. The minimum Gasteiger partial charge on any atom is -0.485 e. The van der Waals surface area contributed by atoms with Gasteiger partial charge in [-0.15, -0.1) is 0 Å². The van der Waals surface area contributed by atoms with Crippen molar-refractivity contribution >= 4 is 28.7 Å². The molecule has 7 nitrogen and oxygen atoms in total. The molecule has 4 aromatic rings. The molecule has 144 valence electrons. The van der Waals surface area contributed by atoms with Crippen LogP contribution in [0.15, 0.2) is 73.1 Å². The number of hydrogen-bond acceptors (Lipinski definition) is 5. The van der Waals surface area contributed by atoms with Crippen molar-refractivity contribution in [2.24, 2.45) is 0 Å². The second-order valence-corrected chi connectivity index (χ2v) is 6.72. The van der Waals surface area contributed by atoms with E-state index in [1.165, 1.54) is 12.3 Å². The second-order valence-electron chi connectivity index (χ2n) is 6.28. The molecule has 0 saturated heterocycles. The molecule has 0 aliphatic heterocycles. The first-order valence-electron chi connectivity index (χ1n) is 8.65. The molecule has 0 saturated carbocycles. The topological polar surface area (TPSA) is 86.7 Å². The monoisotopic (exact) mass is 407 g/mol. The minimum absolute atomic E-state index is 0.00412. The van der Waals surface area contributed by atoms with Gasteiger partial charge < -0.3 is 4.74 Å². The van der Waals surface area contributed by atoms with Crippen LogP contribution < -0.4 is 4.74 Å². The van der Waals surface area contributed by atoms with E-state index in [4.69, 9.17) is 16.3 Å². The summed E-state index contributed by atoms with van der Waals surface area (Å²) in [6.07, 6.45) is 3.15. The highest BCUT2D eigenvalue weighted by atomic mass is 35.5. The Kier molecular flexibility index (Phi) is 4.97. The largest absolute Gasteiger partial charge is 0.485 e. The van der Waals surface area contributed by atoms with Crippen LogP contribution >= 0.6 is 11.6 Å². The summed E-state index contributed by atoms with van der Waals surface area (Å²) in [7, 11) is 0. The lowest BCUT2D eigenvalue weighted by atomic mass is 10.1. The zero-order chi connectivity index (χ0) is 20.4. The van der Waals surface area contributed by atoms with Crippen LogP contribution in [0.1, 0.15) is 10.4 Å². The number of imidazole rings is 1. The van der Waals surface area contributed by atoms with Gasteiger partial charge in [0, 0.05) is 28.4 Å². The molecule has 0 fully saturated rings. The van der Waals surface area contributed by atoms with Crippen LogP contribution in [-0.2, 0) is 0 Å². The first kappa shape index (κ1) is 18.6. The summed E-state index contributed by atoms with van der Waals surface area (Å²) in [6, 6.07) is 16.8. The normalized spacial score (nSPS) is 10.8. The van der Waals surface area contributed by atoms with Crippen molar-refractivity contribution in [1.29, 1.82) is 0 Å². The highest BCUT2D eigenvalue weighted by Crippen LogP contribution is 2.23. The number of nitrogens with zero attached hydrogens (tertiary/aromatic N) is 3. The number of Topliss-reactive ketones (excluding diaryl/α,β-unsaturated/α-hetero) is 1. The van der Waals surface area contributed by atoms with Gasteiger partial charge in [0.25, 0.3) is 5.69 Å². The predicted molar refractivity (Wildman–Crippen MR) is 109 cm³/mol. The highest BCUT2D eigenvalue weighted by molar-refractivity contribution is 6.30. The molecule has 0 unspecified atom stereocenters. The number of fused-ring (bicyclic) bond motifs is 1. The number of carbonyl (C=O) groups excluding carboxylic acids is 1. The van der Waals surface area contributed by atoms with Crippen LogP contribution in [0.25, 0.3) is 16.9 Å². The number of ketones is 1. The summed E-state index contributed by atoms with van der Waals surface area (Å²) < 4.78 is 7.17. The van der Waals surface area contributed by atoms with E-state index in [0.717, 1.165) is 5.56 Å². The Morgan fingerprint density at radius 1 is 1.03 bits per heavy atom. The van der Waals surface area contributed by atoms with Crippen LogP contribution in [0.4, 0.5) is 5.69 Å². The van der Waals surface area contributed by atoms with E-state index in [9.17, 15) is 14.9 Å². The first-order chi connectivity index (χ1) is 14.0. The first-order valence-corrected chi connectivity index (χ1v) is 9.02. The van der Waals surface area contributed by atoms with Crippen LogP contribution in [-0.4, -0.2) is 26.7 Å². The van der Waals surface area contributed by atoms with Gasteiger partial charge in [0.15, 0.2) is 12.4 Å². The maximum Gasteiger partial charge on any atom is 0.286 e. The van der Waals surface area contributed by atoms with Crippen LogP contribution in [0.3, 0.4) is 0 Å². The highest BCUT2D eigenvalue weighted by Gasteiger charge is 2.10. The Morgan fingerprint density at radius 3 is 2.45 bits per heavy atom. The van der Waals surface area contributed by atoms with E-state index < -0.39 is 4.92 Å². The maximum absolute atomic E-state index is 12.2. The number of benzene rings is 2. The Morgan fingerprint density at radius 2 is 1.76 bits per heavy atom. The fourth-order valence-corrected chi connectivity index (χ4v) is 2.94. The van der Waals surface area contributed by atoms with Gasteiger partial charge in [0.2, 0.25) is 0 Å². The lowest BCUT2D eigenvalue weighted by Crippen LogP contribution is -2.11. The molecular weight excluding hydrogens is 394 g/mol. The molecule has 0 atom stereocenters. The number of hydrogen-bond donors (Lipinski definition) is 0. The summed E-state index contributed by atoms with van der Waals surface area (Å²) >= 11 is 5.82. The third kappa shape index (κ3) is 4.09. The van der Waals surface area contributed by atoms with E-state index in [0.29, 0.717) is 27.7 Å². The van der Waals surface area contributed by atoms with E-state index in [-0.39, 0.29) is 18.1 Å². The summed E-state index contributed by atoms with van der Waals surface area (Å²) in [5, 5.41) is 11.5. The second kappa shape index (κ2) is 7.73. The number of nitro groups is 1. The van der Waals surface area contributed by atoms with E-state index >= 15 is 0 Å². The summed E-state index contributed by atoms with van der Waals surface area (Å²) in [5.41, 5.74) is 2.64. The van der Waals surface area contributed by atoms with Gasteiger partial charge in [-0.3, -0.25) is 19.3 Å². The molecule has 0 aliphatic rings. The van der Waals surface area contributed by atoms with Gasteiger partial charge in [-0.05, 0) is 54.6 Å². The van der Waals surface area contributed by atoms with Gasteiger partial charge in [0.1, 0.15) is 11.4 Å². The molecule has 0 spiro atoms. The van der Waals surface area contributed by atoms with Crippen molar-refractivity contribution in [2.75, 3.05) is 6.61 Å². The number of halogens is 1. The number of carbonyl (C=O) groups is 1. The molecule has 2 aromatic heterocycles. The van der Waals surface area contributed by atoms with Crippen molar-refractivity contribution in [3.8, 4) is 17.0 Å². The molecular formula is C21H14ClN3O4. The summed E-state index contributed by atoms with van der Waals surface area (Å²) in [5.74, 6) is 0.406. The van der Waals surface area contributed by atoms with Gasteiger partial charge in [-0.25, -0.2) is 4.98 Å². The Balaban J connectivity index is 1.46. The van der Waals surface area contributed by atoms with Crippen molar-refractivity contribution in [3.63, 3.8) is 0 Å². The molecule has 0 N–H and O–H groups in total. The van der Waals surface area contributed by atoms with Crippen molar-refractivity contribution in [2.45, 2.75) is 0 Å². The Labute approximate surface area is 170 Å². The van der Waals surface area contributed by atoms with Gasteiger partial charge in [-0.1, -0.05) is 11.6 Å². The predicted octanol–water partition coefficient (Wildman–Crippen LogP) is 4.82. The lowest BCUT2D eigenvalue weighted by Gasteiger charge is -2.06. The SMILES string of the molecule is O=C(COc1ccc(-c2cn3cc([N+](=O)[O-])ccc3n2)cc1)c1ccc(Cl)cc1. The Hall–Kier alpha value is -3.71. The van der Waals surface area contributed by atoms with Gasteiger partial charge >= 0.3 is 0 Å². The zero-order valence-electron chi connectivity index (χ0n) is 15.0. The summed E-state index contributed by atoms with van der Waals surface area (Å²) in [6.45, 7) is -0.0843. The third-order valence-corrected chi connectivity index (χ3v) is 4.58. The maximum atomic E-state index is 12.2. The number of aromatic nitrogens is 2. The van der Waals surface area contributed by atoms with Crippen molar-refractivity contribution in [3.05, 3.63) is 93.8 Å². The standard InChI is InChI=1S/C21H14ClN3O4/c22-16-5-1-15(2-6-16)20(26)13-29-18-8-3-14(4-9-18)19-12-24-11-17(25(27)28)7-10-21(24)23-19/h1-12H,13H2. The lowest BCUT2D eigenvalue weighted by molar-refractivity contribution is -0.385.